The molecule has 1 aromatic carbocycles. The number of benzene rings is 1. The summed E-state index contributed by atoms with van der Waals surface area (Å²) in [4.78, 5) is 0.928. The van der Waals surface area contributed by atoms with Crippen molar-refractivity contribution in [3.63, 3.8) is 0 Å². The maximum absolute atomic E-state index is 5.07. The fourth-order valence-electron chi connectivity index (χ4n) is 0.648. The molecule has 3 heteroatoms. The Balaban J connectivity index is 3.09. The first-order chi connectivity index (χ1) is 4.74. The first-order valence-corrected chi connectivity index (χ1v) is 4.29. The molecule has 10 heavy (non-hydrogen) atoms. The molecule has 0 aromatic heterocycles. The van der Waals surface area contributed by atoms with Crippen LogP contribution in [0.25, 0.3) is 0 Å². The second-order valence-electron chi connectivity index (χ2n) is 1.82. The van der Waals surface area contributed by atoms with Gasteiger partial charge in [0.25, 0.3) is 0 Å². The van der Waals surface area contributed by atoms with Crippen molar-refractivity contribution in [1.82, 2.24) is 0 Å². The van der Waals surface area contributed by atoms with Crippen LogP contribution in [0.4, 0.5) is 0 Å². The van der Waals surface area contributed by atoms with Gasteiger partial charge in [0.15, 0.2) is 0 Å². The number of hydrogen-bond donors (Lipinski definition) is 1. The van der Waals surface area contributed by atoms with Crippen LogP contribution in [0.3, 0.4) is 0 Å². The Labute approximate surface area is 79.3 Å². The summed E-state index contributed by atoms with van der Waals surface area (Å²) in [6, 6.07) is 5.81. The third kappa shape index (κ3) is 1.79. The number of hydrogen-bond acceptors (Lipinski definition) is 2. The van der Waals surface area contributed by atoms with Crippen LogP contribution in [0.2, 0.25) is 0 Å². The minimum absolute atomic E-state index is 0.883. The van der Waals surface area contributed by atoms with Gasteiger partial charge >= 0.3 is 0 Å². The van der Waals surface area contributed by atoms with Gasteiger partial charge < -0.3 is 4.74 Å². The van der Waals surface area contributed by atoms with Crippen molar-refractivity contribution in [3.8, 4) is 5.75 Å². The summed E-state index contributed by atoms with van der Waals surface area (Å²) in [6.45, 7) is 0. The van der Waals surface area contributed by atoms with Crippen molar-refractivity contribution < 1.29 is 4.74 Å². The molecular formula is C7H7IOS. The van der Waals surface area contributed by atoms with E-state index in [0.29, 0.717) is 0 Å². The predicted octanol–water partition coefficient (Wildman–Crippen LogP) is 2.59. The van der Waals surface area contributed by atoms with E-state index in [0.717, 1.165) is 14.2 Å². The number of ether oxygens (including phenoxy) is 1. The molecule has 0 bridgehead atoms. The molecule has 0 heterocycles. The molecule has 0 amide bonds. The van der Waals surface area contributed by atoms with E-state index in [1.54, 1.807) is 7.11 Å². The van der Waals surface area contributed by atoms with Gasteiger partial charge in [-0.2, -0.15) is 0 Å². The SMILES string of the molecule is COc1cc(S)ccc1I. The van der Waals surface area contributed by atoms with Crippen LogP contribution in [0.5, 0.6) is 5.75 Å². The molecule has 0 saturated heterocycles. The van der Waals surface area contributed by atoms with Crippen molar-refractivity contribution in [2.24, 2.45) is 0 Å². The Hall–Kier alpha value is 0.1000. The van der Waals surface area contributed by atoms with Crippen molar-refractivity contribution in [3.05, 3.63) is 21.8 Å². The highest BCUT2D eigenvalue weighted by Crippen LogP contribution is 2.22. The van der Waals surface area contributed by atoms with Crippen LogP contribution in [0.1, 0.15) is 0 Å². The highest BCUT2D eigenvalue weighted by molar-refractivity contribution is 14.1. The lowest BCUT2D eigenvalue weighted by atomic mass is 10.3. The fourth-order valence-corrected chi connectivity index (χ4v) is 1.40. The third-order valence-corrected chi connectivity index (χ3v) is 2.30. The Morgan fingerprint density at radius 2 is 2.20 bits per heavy atom. The molecule has 0 spiro atoms. The highest BCUT2D eigenvalue weighted by Gasteiger charge is 1.97. The van der Waals surface area contributed by atoms with Gasteiger partial charge in [0.05, 0.1) is 10.7 Å². The topological polar surface area (TPSA) is 9.23 Å². The molecule has 1 nitrogen and oxygen atoms in total. The van der Waals surface area contributed by atoms with Gasteiger partial charge in [-0.25, -0.2) is 0 Å². The van der Waals surface area contributed by atoms with Crippen LogP contribution in [0, 0.1) is 3.57 Å². The smallest absolute Gasteiger partial charge is 0.133 e. The molecule has 0 aliphatic carbocycles. The highest BCUT2D eigenvalue weighted by atomic mass is 127. The summed E-state index contributed by atoms with van der Waals surface area (Å²) in [5.41, 5.74) is 0. The monoisotopic (exact) mass is 266 g/mol. The maximum atomic E-state index is 5.07. The largest absolute Gasteiger partial charge is 0.496 e. The Bertz CT molecular complexity index is 237. The molecule has 0 atom stereocenters. The van der Waals surface area contributed by atoms with Crippen LogP contribution in [0.15, 0.2) is 23.1 Å². The summed E-state index contributed by atoms with van der Waals surface area (Å²) < 4.78 is 6.18. The summed E-state index contributed by atoms with van der Waals surface area (Å²) in [6.07, 6.45) is 0. The summed E-state index contributed by atoms with van der Waals surface area (Å²) >= 11 is 6.39. The zero-order chi connectivity index (χ0) is 7.56. The zero-order valence-corrected chi connectivity index (χ0v) is 8.52. The summed E-state index contributed by atoms with van der Waals surface area (Å²) in [5, 5.41) is 0. The minimum Gasteiger partial charge on any atom is -0.496 e. The van der Waals surface area contributed by atoms with Crippen molar-refractivity contribution >= 4 is 35.2 Å². The first-order valence-electron chi connectivity index (χ1n) is 2.76. The van der Waals surface area contributed by atoms with Gasteiger partial charge in [-0.1, -0.05) is 0 Å². The molecular weight excluding hydrogens is 259 g/mol. The number of thiol groups is 1. The number of halogens is 1. The second-order valence-corrected chi connectivity index (χ2v) is 3.50. The van der Waals surface area contributed by atoms with E-state index in [4.69, 9.17) is 4.74 Å². The van der Waals surface area contributed by atoms with E-state index in [1.807, 2.05) is 18.2 Å². The van der Waals surface area contributed by atoms with Gasteiger partial charge in [-0.15, -0.1) is 12.6 Å². The van der Waals surface area contributed by atoms with Gasteiger partial charge in [-0.05, 0) is 40.8 Å². The van der Waals surface area contributed by atoms with Crippen LogP contribution in [-0.2, 0) is 0 Å². The minimum atomic E-state index is 0.883. The van der Waals surface area contributed by atoms with E-state index in [2.05, 4.69) is 35.2 Å². The van der Waals surface area contributed by atoms with Crippen molar-refractivity contribution in [2.45, 2.75) is 4.90 Å². The Morgan fingerprint density at radius 3 is 2.70 bits per heavy atom. The quantitative estimate of drug-likeness (QED) is 0.607. The van der Waals surface area contributed by atoms with Crippen LogP contribution in [-0.4, -0.2) is 7.11 Å². The molecule has 0 saturated carbocycles. The molecule has 1 rings (SSSR count). The molecule has 0 N–H and O–H groups in total. The van der Waals surface area contributed by atoms with E-state index >= 15 is 0 Å². The predicted molar refractivity (Wildman–Crippen MR) is 53.0 cm³/mol. The first kappa shape index (κ1) is 8.20. The van der Waals surface area contributed by atoms with Crippen molar-refractivity contribution in [2.75, 3.05) is 7.11 Å². The maximum Gasteiger partial charge on any atom is 0.133 e. The van der Waals surface area contributed by atoms with Gasteiger partial charge in [0.2, 0.25) is 0 Å². The van der Waals surface area contributed by atoms with E-state index in [-0.39, 0.29) is 0 Å². The molecule has 54 valence electrons. The van der Waals surface area contributed by atoms with Gasteiger partial charge in [0.1, 0.15) is 5.75 Å². The van der Waals surface area contributed by atoms with Gasteiger partial charge in [0, 0.05) is 4.90 Å². The van der Waals surface area contributed by atoms with Crippen molar-refractivity contribution in [1.29, 1.82) is 0 Å². The fraction of sp³-hybridized carbons (Fsp3) is 0.143. The number of methoxy groups -OCH3 is 1. The second kappa shape index (κ2) is 3.48. The lowest BCUT2D eigenvalue weighted by molar-refractivity contribution is 0.410. The molecule has 0 radical (unpaired) electrons. The standard InChI is InChI=1S/C7H7IOS/c1-9-7-4-5(10)2-3-6(7)8/h2-4,10H,1H3. The van der Waals surface area contributed by atoms with Crippen LogP contribution < -0.4 is 4.74 Å². The average Bonchev–Trinajstić information content (AvgIpc) is 1.94. The van der Waals surface area contributed by atoms with Crippen LogP contribution >= 0.6 is 35.2 Å². The summed E-state index contributed by atoms with van der Waals surface area (Å²) in [7, 11) is 1.66. The third-order valence-electron chi connectivity index (χ3n) is 1.13. The Morgan fingerprint density at radius 1 is 1.50 bits per heavy atom. The number of rotatable bonds is 1. The lowest BCUT2D eigenvalue weighted by Crippen LogP contribution is -1.85. The molecule has 0 unspecified atom stereocenters. The summed E-state index contributed by atoms with van der Waals surface area (Å²) in [5.74, 6) is 0.883. The normalized spacial score (nSPS) is 9.50. The Kier molecular flexibility index (Phi) is 2.85. The zero-order valence-electron chi connectivity index (χ0n) is 5.47. The molecule has 0 aliphatic rings. The molecule has 1 aromatic rings. The van der Waals surface area contributed by atoms with E-state index in [1.165, 1.54) is 0 Å². The van der Waals surface area contributed by atoms with E-state index < -0.39 is 0 Å². The lowest BCUT2D eigenvalue weighted by Gasteiger charge is -2.01. The molecule has 0 fully saturated rings. The molecule has 0 aliphatic heterocycles. The average molecular weight is 266 g/mol. The van der Waals surface area contributed by atoms with E-state index in [9.17, 15) is 0 Å². The van der Waals surface area contributed by atoms with Gasteiger partial charge in [-0.3, -0.25) is 0 Å².